The second-order valence-electron chi connectivity index (χ2n) is 7.21. The van der Waals surface area contributed by atoms with Crippen LogP contribution in [-0.2, 0) is 4.57 Å². The molecule has 8 nitrogen and oxygen atoms in total. The van der Waals surface area contributed by atoms with Crippen molar-refractivity contribution in [3.8, 4) is 5.75 Å². The number of ether oxygens (including phenoxy) is 1. The highest BCUT2D eigenvalue weighted by Gasteiger charge is 2.35. The number of rotatable bonds is 4. The molecular weight excluding hydrogens is 399 g/mol. The Hall–Kier alpha value is -2.02. The van der Waals surface area contributed by atoms with Gasteiger partial charge in [-0.1, -0.05) is 16.3 Å². The van der Waals surface area contributed by atoms with Crippen LogP contribution in [0.3, 0.4) is 0 Å². The summed E-state index contributed by atoms with van der Waals surface area (Å²) in [5.74, 6) is 1.04. The predicted octanol–water partition coefficient (Wildman–Crippen LogP) is 2.10. The molecule has 0 saturated carbocycles. The predicted molar refractivity (Wildman–Crippen MR) is 114 cm³/mol. The molecule has 28 heavy (non-hydrogen) atoms. The third kappa shape index (κ3) is 4.19. The first kappa shape index (κ1) is 19.3. The first-order valence-corrected chi connectivity index (χ1v) is 12.0. The molecule has 148 valence electrons. The van der Waals surface area contributed by atoms with Gasteiger partial charge in [0.25, 0.3) is 5.96 Å². The molecule has 1 aromatic rings. The largest absolute Gasteiger partial charge is 0.494 e. The lowest BCUT2D eigenvalue weighted by atomic mass is 10.3. The lowest BCUT2D eigenvalue weighted by Gasteiger charge is -2.29. The zero-order chi connectivity index (χ0) is 19.7. The van der Waals surface area contributed by atoms with E-state index >= 15 is 0 Å². The van der Waals surface area contributed by atoms with Crippen LogP contribution in [0.2, 0.25) is 5.02 Å². The van der Waals surface area contributed by atoms with Gasteiger partial charge in [-0.05, 0) is 18.8 Å². The van der Waals surface area contributed by atoms with Crippen LogP contribution < -0.4 is 10.2 Å². The lowest BCUT2D eigenvalue weighted by molar-refractivity contribution is -0.585. The molecule has 1 atom stereocenters. The van der Waals surface area contributed by atoms with Crippen LogP contribution in [0.4, 0.5) is 5.69 Å². The molecule has 1 N–H and O–H groups in total. The third-order valence-corrected chi connectivity index (χ3v) is 7.56. The minimum atomic E-state index is -1.93. The molecule has 0 aliphatic carbocycles. The van der Waals surface area contributed by atoms with Crippen molar-refractivity contribution in [3.63, 3.8) is 0 Å². The number of hydrazone groups is 1. The van der Waals surface area contributed by atoms with Crippen molar-refractivity contribution in [2.75, 3.05) is 45.7 Å². The Bertz CT molecular complexity index is 945. The second kappa shape index (κ2) is 7.78. The quantitative estimate of drug-likeness (QED) is 0.596. The summed E-state index contributed by atoms with van der Waals surface area (Å²) in [5, 5.41) is 0.586. The van der Waals surface area contributed by atoms with Gasteiger partial charge in [-0.2, -0.15) is 0 Å². The van der Waals surface area contributed by atoms with Gasteiger partial charge in [0.2, 0.25) is 5.71 Å². The summed E-state index contributed by atoms with van der Waals surface area (Å²) in [6.07, 6.45) is 5.01. The van der Waals surface area contributed by atoms with Crippen LogP contribution in [-0.4, -0.2) is 85.6 Å². The van der Waals surface area contributed by atoms with Gasteiger partial charge in [0, 0.05) is 36.5 Å². The van der Waals surface area contributed by atoms with Crippen molar-refractivity contribution >= 4 is 48.5 Å². The van der Waals surface area contributed by atoms with E-state index in [1.807, 2.05) is 17.6 Å². The van der Waals surface area contributed by atoms with E-state index in [1.54, 1.807) is 31.5 Å². The van der Waals surface area contributed by atoms with Crippen molar-refractivity contribution in [2.45, 2.75) is 6.17 Å². The number of hydrazine groups is 1. The van der Waals surface area contributed by atoms with Crippen LogP contribution in [0.15, 0.2) is 33.2 Å². The molecule has 0 bridgehead atoms. The van der Waals surface area contributed by atoms with Crippen molar-refractivity contribution in [3.05, 3.63) is 23.2 Å². The smallest absolute Gasteiger partial charge is 0.311 e. The van der Waals surface area contributed by atoms with E-state index in [2.05, 4.69) is 25.3 Å². The van der Waals surface area contributed by atoms with E-state index in [0.29, 0.717) is 22.4 Å². The van der Waals surface area contributed by atoms with Crippen LogP contribution in [0, 0.1) is 0 Å². The van der Waals surface area contributed by atoms with Crippen molar-refractivity contribution in [1.82, 2.24) is 10.3 Å². The molecule has 1 saturated heterocycles. The zero-order valence-corrected chi connectivity index (χ0v) is 17.5. The standard InChI is InChI=1S/C18H23ClN6O2P/c1-27-16-9-13(19)3-4-15(16)22-18-21-11-17-20-10-14(25(17)23-18)12-24-5-7-28(2,26)8-6-24/h3-4,9-11,17H,5-8,12H2,1-2H3,(H,22,23)/q+1. The number of benzene rings is 1. The molecule has 0 spiro atoms. The van der Waals surface area contributed by atoms with E-state index in [9.17, 15) is 4.57 Å². The van der Waals surface area contributed by atoms with Crippen molar-refractivity contribution in [1.29, 1.82) is 0 Å². The maximum atomic E-state index is 12.2. The number of halogens is 1. The zero-order valence-electron chi connectivity index (χ0n) is 15.9. The SMILES string of the molecule is COc1cc(Cl)ccc1N=C1N=CC2N=CC(CN3CCP(C)(=O)CC3)=[N+]2N1. The number of methoxy groups -OCH3 is 1. The first-order chi connectivity index (χ1) is 13.4. The molecule has 0 amide bonds. The Labute approximate surface area is 169 Å². The second-order valence-corrected chi connectivity index (χ2v) is 11.1. The van der Waals surface area contributed by atoms with Crippen molar-refractivity contribution in [2.24, 2.45) is 15.0 Å². The third-order valence-electron chi connectivity index (χ3n) is 5.03. The molecule has 3 aliphatic heterocycles. The summed E-state index contributed by atoms with van der Waals surface area (Å²) in [4.78, 5) is 15.7. The number of fused-ring (bicyclic) bond motifs is 1. The van der Waals surface area contributed by atoms with Gasteiger partial charge in [0.1, 0.15) is 17.7 Å². The highest BCUT2D eigenvalue weighted by Crippen LogP contribution is 2.42. The first-order valence-electron chi connectivity index (χ1n) is 9.13. The van der Waals surface area contributed by atoms with Gasteiger partial charge in [0.05, 0.1) is 27.0 Å². The number of nitrogens with one attached hydrogen (secondary N) is 1. The summed E-state index contributed by atoms with van der Waals surface area (Å²) in [6.45, 7) is 4.35. The number of aliphatic imine (C=N–C) groups is 3. The fourth-order valence-electron chi connectivity index (χ4n) is 3.32. The summed E-state index contributed by atoms with van der Waals surface area (Å²) in [5.41, 5.74) is 4.92. The van der Waals surface area contributed by atoms with Crippen LogP contribution in [0.5, 0.6) is 5.75 Å². The van der Waals surface area contributed by atoms with Gasteiger partial charge >= 0.3 is 6.17 Å². The van der Waals surface area contributed by atoms with Gasteiger partial charge < -0.3 is 9.30 Å². The van der Waals surface area contributed by atoms with E-state index in [-0.39, 0.29) is 6.17 Å². The van der Waals surface area contributed by atoms with Gasteiger partial charge in [0.15, 0.2) is 0 Å². The van der Waals surface area contributed by atoms with E-state index in [1.165, 1.54) is 0 Å². The minimum absolute atomic E-state index is 0.178. The fraction of sp³-hybridized carbons (Fsp3) is 0.444. The maximum absolute atomic E-state index is 12.2. The number of hydrogen-bond donors (Lipinski definition) is 1. The Morgan fingerprint density at radius 2 is 2.21 bits per heavy atom. The van der Waals surface area contributed by atoms with Crippen molar-refractivity contribution < 1.29 is 14.0 Å². The highest BCUT2D eigenvalue weighted by molar-refractivity contribution is 7.63. The van der Waals surface area contributed by atoms with E-state index in [0.717, 1.165) is 37.7 Å². The Balaban J connectivity index is 1.53. The summed E-state index contributed by atoms with van der Waals surface area (Å²) >= 11 is 6.02. The summed E-state index contributed by atoms with van der Waals surface area (Å²) in [6, 6.07) is 5.27. The fourth-order valence-corrected chi connectivity index (χ4v) is 5.12. The number of guanidine groups is 1. The lowest BCUT2D eigenvalue weighted by Crippen LogP contribution is -2.48. The number of hydrogen-bond acceptors (Lipinski definition) is 5. The number of nitrogens with zero attached hydrogens (tertiary/aromatic N) is 5. The molecule has 1 fully saturated rings. The van der Waals surface area contributed by atoms with Crippen LogP contribution >= 0.6 is 18.7 Å². The Morgan fingerprint density at radius 1 is 1.43 bits per heavy atom. The molecule has 1 aromatic carbocycles. The van der Waals surface area contributed by atoms with E-state index in [4.69, 9.17) is 16.3 Å². The monoisotopic (exact) mass is 421 g/mol. The average molecular weight is 422 g/mol. The highest BCUT2D eigenvalue weighted by atomic mass is 35.5. The molecule has 3 aliphatic rings. The Morgan fingerprint density at radius 3 is 2.96 bits per heavy atom. The van der Waals surface area contributed by atoms with Crippen LogP contribution in [0.1, 0.15) is 0 Å². The molecular formula is C18H23ClN6O2P+. The van der Waals surface area contributed by atoms with Crippen LogP contribution in [0.25, 0.3) is 0 Å². The van der Waals surface area contributed by atoms with Gasteiger partial charge in [-0.25, -0.2) is 15.0 Å². The molecule has 3 heterocycles. The summed E-state index contributed by atoms with van der Waals surface area (Å²) < 4.78 is 19.5. The topological polar surface area (TPSA) is 81.7 Å². The average Bonchev–Trinajstić information content (AvgIpc) is 3.07. The summed E-state index contributed by atoms with van der Waals surface area (Å²) in [7, 11) is -0.353. The molecule has 0 aromatic heterocycles. The molecule has 0 radical (unpaired) electrons. The molecule has 10 heteroatoms. The minimum Gasteiger partial charge on any atom is -0.494 e. The van der Waals surface area contributed by atoms with Gasteiger partial charge in [-0.3, -0.25) is 4.90 Å². The maximum Gasteiger partial charge on any atom is 0.311 e. The van der Waals surface area contributed by atoms with E-state index < -0.39 is 7.14 Å². The normalized spacial score (nSPS) is 25.1. The molecule has 1 unspecified atom stereocenters. The van der Waals surface area contributed by atoms with Gasteiger partial charge in [-0.15, -0.1) is 5.43 Å². The molecule has 4 rings (SSSR count). The Kier molecular flexibility index (Phi) is 5.36.